The van der Waals surface area contributed by atoms with Crippen molar-refractivity contribution >= 4 is 46.3 Å². The Kier molecular flexibility index (Phi) is 11.9. The summed E-state index contributed by atoms with van der Waals surface area (Å²) in [5, 5.41) is 5.48. The summed E-state index contributed by atoms with van der Waals surface area (Å²) in [6.45, 7) is 9.43. The predicted molar refractivity (Wildman–Crippen MR) is 253 cm³/mol. The number of rotatable bonds is 11. The highest BCUT2D eigenvalue weighted by Crippen LogP contribution is 2.56. The zero-order valence-corrected chi connectivity index (χ0v) is 39.2. The van der Waals surface area contributed by atoms with E-state index in [4.69, 9.17) is 28.9 Å². The zero-order valence-electron chi connectivity index (χ0n) is 39.2. The van der Waals surface area contributed by atoms with Crippen LogP contribution in [0.2, 0.25) is 0 Å². The van der Waals surface area contributed by atoms with Gasteiger partial charge in [0.2, 0.25) is 11.8 Å². The van der Waals surface area contributed by atoms with Gasteiger partial charge >= 0.3 is 12.2 Å². The standard InChI is InChI=1S/C52H61N7O8/c1-28(2)45(56-50(62)64-5)48(60)58-19-7-8-42(58)47-54-39-18-14-33(23-40(39)55-47)35-16-17-36(44-37-15-13-32(37)22-38(35)44)31-11-9-30(10-12-31)34-24-41(53-26-34)43-25-52(66-20-21-67-52)27-59(43)49(61)46(29(3)4)57-51(63)65-6/h9-12,14,16-18,23,26,28-29,32,37,42-43,45-46H,7-8,13,15,19-22,24-25,27H2,1-6H3,(H,54,55)(H,56,62)(H,57,63)/t32?,37?,42-,43-,45-,46-/m0/s1. The minimum absolute atomic E-state index is 0.108. The molecule has 1 spiro atoms. The number of nitrogens with one attached hydrogen (secondary N) is 3. The van der Waals surface area contributed by atoms with Gasteiger partial charge < -0.3 is 44.4 Å². The number of aromatic nitrogens is 2. The molecule has 4 amide bonds. The quantitative estimate of drug-likeness (QED) is 0.135. The van der Waals surface area contributed by atoms with Crippen LogP contribution < -0.4 is 10.6 Å². The molecule has 1 aromatic heterocycles. The number of fused-ring (bicyclic) bond motifs is 4. The van der Waals surface area contributed by atoms with Crippen LogP contribution in [0.25, 0.3) is 38.9 Å². The minimum atomic E-state index is -0.893. The number of aromatic amines is 1. The first kappa shape index (κ1) is 44.8. The number of methoxy groups -OCH3 is 2. The topological polar surface area (TPSA) is 177 Å². The van der Waals surface area contributed by atoms with E-state index in [1.54, 1.807) is 4.90 Å². The van der Waals surface area contributed by atoms with E-state index in [1.807, 2.05) is 38.8 Å². The summed E-state index contributed by atoms with van der Waals surface area (Å²) >= 11 is 0. The van der Waals surface area contributed by atoms with Crippen molar-refractivity contribution in [1.29, 1.82) is 0 Å². The van der Waals surface area contributed by atoms with Crippen molar-refractivity contribution in [3.8, 4) is 22.3 Å². The Labute approximate surface area is 391 Å². The molecule has 1 saturated carbocycles. The van der Waals surface area contributed by atoms with Crippen LogP contribution in [0.3, 0.4) is 0 Å². The number of allylic oxidation sites excluding steroid dienone is 1. The Hall–Kier alpha value is -6.06. The third-order valence-electron chi connectivity index (χ3n) is 15.2. The van der Waals surface area contributed by atoms with E-state index in [1.165, 1.54) is 54.9 Å². The van der Waals surface area contributed by atoms with Crippen molar-refractivity contribution in [2.24, 2.45) is 22.7 Å². The van der Waals surface area contributed by atoms with Gasteiger partial charge in [0.25, 0.3) is 0 Å². The first-order valence-corrected chi connectivity index (χ1v) is 23.9. The summed E-state index contributed by atoms with van der Waals surface area (Å²) in [4.78, 5) is 69.4. The number of H-pyrrole nitrogens is 1. The molecule has 15 nitrogen and oxygen atoms in total. The summed E-state index contributed by atoms with van der Waals surface area (Å²) in [6, 6.07) is 17.8. The van der Waals surface area contributed by atoms with Crippen molar-refractivity contribution in [3.63, 3.8) is 0 Å². The number of hydrogen-bond acceptors (Lipinski definition) is 10. The van der Waals surface area contributed by atoms with E-state index >= 15 is 0 Å². The number of benzene rings is 3. The summed E-state index contributed by atoms with van der Waals surface area (Å²) < 4.78 is 21.9. The first-order chi connectivity index (χ1) is 32.3. The van der Waals surface area contributed by atoms with Crippen molar-refractivity contribution in [1.82, 2.24) is 30.4 Å². The van der Waals surface area contributed by atoms with Gasteiger partial charge in [0.1, 0.15) is 17.9 Å². The summed E-state index contributed by atoms with van der Waals surface area (Å²) in [6.07, 6.45) is 6.85. The summed E-state index contributed by atoms with van der Waals surface area (Å²) in [7, 11) is 2.60. The lowest BCUT2D eigenvalue weighted by Gasteiger charge is -2.31. The Balaban J connectivity index is 0.870. The third-order valence-corrected chi connectivity index (χ3v) is 15.2. The lowest BCUT2D eigenvalue weighted by Crippen LogP contribution is -2.54. The van der Waals surface area contributed by atoms with Crippen LogP contribution >= 0.6 is 0 Å². The number of aliphatic imine (C=N–C) groups is 1. The average Bonchev–Trinajstić information content (AvgIpc) is 4.19. The van der Waals surface area contributed by atoms with Crippen LogP contribution in [0, 0.1) is 17.8 Å². The molecule has 6 aliphatic rings. The molecule has 3 aromatic carbocycles. The van der Waals surface area contributed by atoms with Crippen LogP contribution in [-0.2, 0) is 35.0 Å². The first-order valence-electron chi connectivity index (χ1n) is 23.9. The second-order valence-corrected chi connectivity index (χ2v) is 19.8. The van der Waals surface area contributed by atoms with Crippen molar-refractivity contribution in [2.45, 2.75) is 109 Å². The van der Waals surface area contributed by atoms with Gasteiger partial charge in [-0.3, -0.25) is 14.6 Å². The zero-order chi connectivity index (χ0) is 46.7. The molecule has 10 rings (SSSR count). The van der Waals surface area contributed by atoms with E-state index in [-0.39, 0.29) is 42.3 Å². The monoisotopic (exact) mass is 911 g/mol. The normalized spacial score (nSPS) is 23.5. The molecule has 2 unspecified atom stereocenters. The Morgan fingerprint density at radius 3 is 2.10 bits per heavy atom. The number of carbonyl (C=O) groups excluding carboxylic acids is 4. The second-order valence-electron chi connectivity index (χ2n) is 19.8. The molecule has 2 aliphatic carbocycles. The minimum Gasteiger partial charge on any atom is -0.453 e. The Morgan fingerprint density at radius 1 is 0.791 bits per heavy atom. The number of carbonyl (C=O) groups is 4. The number of imidazole rings is 1. The number of nitrogens with zero attached hydrogens (tertiary/aromatic N) is 4. The molecule has 0 bridgehead atoms. The lowest BCUT2D eigenvalue weighted by atomic mass is 9.73. The second kappa shape index (κ2) is 17.9. The molecule has 5 heterocycles. The fourth-order valence-electron chi connectivity index (χ4n) is 11.5. The molecule has 6 atom stereocenters. The van der Waals surface area contributed by atoms with Gasteiger partial charge in [0.15, 0.2) is 5.79 Å². The van der Waals surface area contributed by atoms with Crippen LogP contribution in [0.1, 0.15) is 101 Å². The largest absolute Gasteiger partial charge is 0.453 e. The molecular weight excluding hydrogens is 851 g/mol. The number of hydrogen-bond donors (Lipinski definition) is 3. The number of amides is 4. The predicted octanol–water partition coefficient (Wildman–Crippen LogP) is 7.90. The van der Waals surface area contributed by atoms with Crippen LogP contribution in [-0.4, -0.2) is 114 Å². The highest BCUT2D eigenvalue weighted by Gasteiger charge is 2.53. The molecule has 3 N–H and O–H groups in total. The number of alkyl carbamates (subject to hydrolysis) is 2. The smallest absolute Gasteiger partial charge is 0.407 e. The van der Waals surface area contributed by atoms with Gasteiger partial charge in [-0.2, -0.15) is 0 Å². The molecule has 4 fully saturated rings. The lowest BCUT2D eigenvalue weighted by molar-refractivity contribution is -0.153. The fraction of sp³-hybridized carbons (Fsp3) is 0.500. The maximum Gasteiger partial charge on any atom is 0.407 e. The van der Waals surface area contributed by atoms with E-state index in [0.29, 0.717) is 44.4 Å². The maximum absolute atomic E-state index is 14.1. The van der Waals surface area contributed by atoms with Crippen LogP contribution in [0.5, 0.6) is 0 Å². The average molecular weight is 912 g/mol. The van der Waals surface area contributed by atoms with Crippen molar-refractivity contribution in [3.05, 3.63) is 83.3 Å². The fourth-order valence-corrected chi connectivity index (χ4v) is 11.5. The van der Waals surface area contributed by atoms with Crippen LogP contribution in [0.4, 0.5) is 9.59 Å². The molecule has 3 saturated heterocycles. The number of ether oxygens (including phenoxy) is 4. The summed E-state index contributed by atoms with van der Waals surface area (Å²) in [5.41, 5.74) is 12.6. The Bertz CT molecular complexity index is 2660. The van der Waals surface area contributed by atoms with Crippen molar-refractivity contribution in [2.75, 3.05) is 40.5 Å². The van der Waals surface area contributed by atoms with E-state index in [9.17, 15) is 19.2 Å². The molecule has 4 aliphatic heterocycles. The van der Waals surface area contributed by atoms with Gasteiger partial charge in [-0.25, -0.2) is 14.6 Å². The van der Waals surface area contributed by atoms with Gasteiger partial charge in [-0.1, -0.05) is 70.2 Å². The van der Waals surface area contributed by atoms with E-state index < -0.39 is 30.1 Å². The van der Waals surface area contributed by atoms with Gasteiger partial charge in [-0.05, 0) is 112 Å². The van der Waals surface area contributed by atoms with Gasteiger partial charge in [0, 0.05) is 31.3 Å². The van der Waals surface area contributed by atoms with Gasteiger partial charge in [-0.15, -0.1) is 0 Å². The summed E-state index contributed by atoms with van der Waals surface area (Å²) in [5.74, 6) is 0.453. The molecule has 352 valence electrons. The SMILES string of the molecule is COC(=O)N[C@H](C(=O)N1CC2(C[C@H]1C1=NC=C(c3ccc(-c4ccc(-c5ccc6nc([C@@H]7CCCN7C(=O)[C@@H](NC(=O)OC)C(C)C)[nH]c6c5)c5c4C4CCC4C5)cc3)C1)OCCO2)C(C)C. The van der Waals surface area contributed by atoms with E-state index in [0.717, 1.165) is 58.5 Å². The third kappa shape index (κ3) is 8.17. The molecule has 0 radical (unpaired) electrons. The maximum atomic E-state index is 14.1. The number of likely N-dealkylation sites (tertiary alicyclic amines) is 2. The van der Waals surface area contributed by atoms with Gasteiger partial charge in [0.05, 0.1) is 57.1 Å². The highest BCUT2D eigenvalue weighted by molar-refractivity contribution is 6.04. The Morgan fingerprint density at radius 2 is 1.45 bits per heavy atom. The van der Waals surface area contributed by atoms with Crippen LogP contribution in [0.15, 0.2) is 65.8 Å². The van der Waals surface area contributed by atoms with Crippen molar-refractivity contribution < 1.29 is 38.1 Å². The highest BCUT2D eigenvalue weighted by atomic mass is 16.7. The molecular formula is C52H61N7O8. The molecule has 67 heavy (non-hydrogen) atoms. The molecule has 4 aromatic rings. The van der Waals surface area contributed by atoms with E-state index in [2.05, 4.69) is 70.2 Å². The molecule has 15 heteroatoms.